The molecule has 0 fully saturated rings. The van der Waals surface area contributed by atoms with Crippen LogP contribution in [0.3, 0.4) is 0 Å². The number of nitrogens with zero attached hydrogens (tertiary/aromatic N) is 5. The molecule has 0 aliphatic carbocycles. The maximum absolute atomic E-state index is 13.0. The van der Waals surface area contributed by atoms with Crippen molar-refractivity contribution in [1.29, 1.82) is 5.26 Å². The van der Waals surface area contributed by atoms with Crippen LogP contribution in [0.1, 0.15) is 16.7 Å². The van der Waals surface area contributed by atoms with Crippen molar-refractivity contribution < 1.29 is 9.84 Å². The van der Waals surface area contributed by atoms with Crippen LogP contribution in [0, 0.1) is 18.3 Å². The third-order valence-corrected chi connectivity index (χ3v) is 4.47. The second kappa shape index (κ2) is 8.54. The van der Waals surface area contributed by atoms with E-state index < -0.39 is 11.4 Å². The first-order chi connectivity index (χ1) is 14.0. The Labute approximate surface area is 171 Å². The van der Waals surface area contributed by atoms with Crippen molar-refractivity contribution in [1.82, 2.24) is 9.55 Å². The maximum atomic E-state index is 13.0. The largest absolute Gasteiger partial charge is 0.494 e. The zero-order valence-electron chi connectivity index (χ0n) is 15.6. The van der Waals surface area contributed by atoms with E-state index in [4.69, 9.17) is 16.3 Å². The number of methoxy groups -OCH3 is 1. The number of nitriles is 1. The van der Waals surface area contributed by atoms with Crippen molar-refractivity contribution in [2.75, 3.05) is 7.11 Å². The lowest BCUT2D eigenvalue weighted by Crippen LogP contribution is -2.22. The molecule has 2 heterocycles. The third kappa shape index (κ3) is 4.10. The Morgan fingerprint density at radius 2 is 2.14 bits per heavy atom. The molecular weight excluding hydrogens is 394 g/mol. The maximum Gasteiger partial charge on any atom is 0.281 e. The highest BCUT2D eigenvalue weighted by Crippen LogP contribution is 2.33. The lowest BCUT2D eigenvalue weighted by molar-refractivity contribution is 0.412. The number of hydrogen-bond donors (Lipinski definition) is 1. The molecule has 0 saturated heterocycles. The highest BCUT2D eigenvalue weighted by Gasteiger charge is 2.19. The van der Waals surface area contributed by atoms with Gasteiger partial charge in [-0.3, -0.25) is 14.3 Å². The van der Waals surface area contributed by atoms with Crippen LogP contribution < -0.4 is 10.3 Å². The lowest BCUT2D eigenvalue weighted by atomic mass is 10.1. The molecule has 8 nitrogen and oxygen atoms in total. The molecule has 0 aliphatic rings. The average molecular weight is 410 g/mol. The number of aromatic hydroxyl groups is 1. The summed E-state index contributed by atoms with van der Waals surface area (Å²) in [6.07, 6.45) is 3.16. The molecule has 0 saturated carbocycles. The summed E-state index contributed by atoms with van der Waals surface area (Å²) < 4.78 is 6.28. The van der Waals surface area contributed by atoms with Crippen molar-refractivity contribution >= 4 is 23.0 Å². The van der Waals surface area contributed by atoms with Crippen LogP contribution in [0.5, 0.6) is 11.6 Å². The Hall–Kier alpha value is -3.70. The van der Waals surface area contributed by atoms with Gasteiger partial charge in [0.2, 0.25) is 5.88 Å². The third-order valence-electron chi connectivity index (χ3n) is 4.23. The van der Waals surface area contributed by atoms with Crippen molar-refractivity contribution in [2.24, 2.45) is 10.2 Å². The van der Waals surface area contributed by atoms with Crippen LogP contribution >= 0.6 is 11.6 Å². The van der Waals surface area contributed by atoms with Gasteiger partial charge in [0, 0.05) is 23.0 Å². The van der Waals surface area contributed by atoms with Gasteiger partial charge in [-0.15, -0.1) is 10.2 Å². The minimum Gasteiger partial charge on any atom is -0.494 e. The minimum atomic E-state index is -0.590. The highest BCUT2D eigenvalue weighted by atomic mass is 35.5. The fraction of sp³-hybridized carbons (Fsp3) is 0.150. The number of aromatic nitrogens is 2. The molecule has 3 aromatic rings. The Bertz CT molecular complexity index is 1180. The molecule has 146 valence electrons. The fourth-order valence-electron chi connectivity index (χ4n) is 2.72. The normalized spacial score (nSPS) is 10.8. The monoisotopic (exact) mass is 409 g/mol. The van der Waals surface area contributed by atoms with Crippen molar-refractivity contribution in [3.63, 3.8) is 0 Å². The van der Waals surface area contributed by atoms with Gasteiger partial charge in [-0.25, -0.2) is 0 Å². The number of halogens is 1. The number of hydrogen-bond acceptors (Lipinski definition) is 7. The molecule has 9 heteroatoms. The fourth-order valence-corrected chi connectivity index (χ4v) is 2.89. The summed E-state index contributed by atoms with van der Waals surface area (Å²) in [4.78, 5) is 17.0. The van der Waals surface area contributed by atoms with Gasteiger partial charge >= 0.3 is 0 Å². The van der Waals surface area contributed by atoms with E-state index in [1.807, 2.05) is 6.07 Å². The van der Waals surface area contributed by atoms with E-state index in [1.54, 1.807) is 42.7 Å². The van der Waals surface area contributed by atoms with Gasteiger partial charge in [0.25, 0.3) is 5.56 Å². The predicted molar refractivity (Wildman–Crippen MR) is 107 cm³/mol. The summed E-state index contributed by atoms with van der Waals surface area (Å²) in [6.45, 7) is 1.55. The molecule has 29 heavy (non-hydrogen) atoms. The van der Waals surface area contributed by atoms with Gasteiger partial charge in [0.1, 0.15) is 23.1 Å². The van der Waals surface area contributed by atoms with Crippen LogP contribution in [0.2, 0.25) is 5.02 Å². The van der Waals surface area contributed by atoms with Crippen molar-refractivity contribution in [3.8, 4) is 17.7 Å². The summed E-state index contributed by atoms with van der Waals surface area (Å²) in [7, 11) is 1.47. The molecule has 0 amide bonds. The van der Waals surface area contributed by atoms with Crippen LogP contribution in [0.4, 0.5) is 11.4 Å². The topological polar surface area (TPSA) is 113 Å². The van der Waals surface area contributed by atoms with Crippen LogP contribution in [-0.2, 0) is 6.54 Å². The molecule has 0 spiro atoms. The SMILES string of the molecule is COc1ccc(Cl)cc1N=Nc1c(C)c(C#N)c(O)n(Cc2cccnc2)c1=O. The van der Waals surface area contributed by atoms with E-state index in [2.05, 4.69) is 15.2 Å². The second-order valence-electron chi connectivity index (χ2n) is 6.05. The summed E-state index contributed by atoms with van der Waals surface area (Å²) in [5.74, 6) is -0.0103. The zero-order chi connectivity index (χ0) is 21.0. The van der Waals surface area contributed by atoms with Crippen LogP contribution in [0.25, 0.3) is 0 Å². The standard InChI is InChI=1S/C20H16ClN5O3/c1-12-15(9-22)19(27)26(11-13-4-3-7-23-10-13)20(28)18(12)25-24-16-8-14(21)5-6-17(16)29-2/h3-8,10,27H,11H2,1-2H3. The van der Waals surface area contributed by atoms with E-state index in [0.717, 1.165) is 4.57 Å². The summed E-state index contributed by atoms with van der Waals surface area (Å²) in [6, 6.07) is 10.2. The Morgan fingerprint density at radius 3 is 2.79 bits per heavy atom. The molecule has 0 bridgehead atoms. The zero-order valence-corrected chi connectivity index (χ0v) is 16.4. The van der Waals surface area contributed by atoms with E-state index in [0.29, 0.717) is 22.0 Å². The number of benzene rings is 1. The second-order valence-corrected chi connectivity index (χ2v) is 6.49. The molecular formula is C20H16ClN5O3. The number of pyridine rings is 2. The van der Waals surface area contributed by atoms with Crippen molar-refractivity contribution in [3.05, 3.63) is 74.8 Å². The molecule has 2 aromatic heterocycles. The van der Waals surface area contributed by atoms with Gasteiger partial charge in [-0.05, 0) is 36.8 Å². The molecule has 1 N–H and O–H groups in total. The summed E-state index contributed by atoms with van der Waals surface area (Å²) in [5.41, 5.74) is 0.516. The van der Waals surface area contributed by atoms with Gasteiger partial charge in [-0.1, -0.05) is 17.7 Å². The first-order valence-corrected chi connectivity index (χ1v) is 8.84. The Kier molecular flexibility index (Phi) is 5.90. The van der Waals surface area contributed by atoms with E-state index >= 15 is 0 Å². The lowest BCUT2D eigenvalue weighted by Gasteiger charge is -2.13. The van der Waals surface area contributed by atoms with Gasteiger partial charge in [-0.2, -0.15) is 5.26 Å². The first kappa shape index (κ1) is 20.0. The summed E-state index contributed by atoms with van der Waals surface area (Å²) >= 11 is 6.00. The van der Waals surface area contributed by atoms with E-state index in [9.17, 15) is 15.2 Å². The van der Waals surface area contributed by atoms with Crippen LogP contribution in [-0.4, -0.2) is 21.8 Å². The molecule has 0 aliphatic heterocycles. The van der Waals surface area contributed by atoms with E-state index in [-0.39, 0.29) is 23.4 Å². The first-order valence-electron chi connectivity index (χ1n) is 8.47. The number of ether oxygens (including phenoxy) is 1. The molecule has 0 radical (unpaired) electrons. The Morgan fingerprint density at radius 1 is 1.34 bits per heavy atom. The quantitative estimate of drug-likeness (QED) is 0.632. The minimum absolute atomic E-state index is 0.0243. The van der Waals surface area contributed by atoms with E-state index in [1.165, 1.54) is 14.0 Å². The molecule has 1 aromatic carbocycles. The summed E-state index contributed by atoms with van der Waals surface area (Å²) in [5, 5.41) is 28.5. The number of azo groups is 1. The molecule has 0 atom stereocenters. The molecule has 3 rings (SSSR count). The van der Waals surface area contributed by atoms with Crippen LogP contribution in [0.15, 0.2) is 57.7 Å². The van der Waals surface area contributed by atoms with Gasteiger partial charge in [0.05, 0.1) is 13.7 Å². The molecule has 0 unspecified atom stereocenters. The number of rotatable bonds is 5. The smallest absolute Gasteiger partial charge is 0.281 e. The predicted octanol–water partition coefficient (Wildman–Crippen LogP) is 4.25. The highest BCUT2D eigenvalue weighted by molar-refractivity contribution is 6.30. The van der Waals surface area contributed by atoms with Crippen molar-refractivity contribution in [2.45, 2.75) is 13.5 Å². The Balaban J connectivity index is 2.14. The average Bonchev–Trinajstić information content (AvgIpc) is 2.72. The van der Waals surface area contributed by atoms with Gasteiger partial charge < -0.3 is 9.84 Å². The van der Waals surface area contributed by atoms with Gasteiger partial charge in [0.15, 0.2) is 5.69 Å².